The van der Waals surface area contributed by atoms with Crippen molar-refractivity contribution < 1.29 is 14.6 Å². The average Bonchev–Trinajstić information content (AvgIpc) is 3.21. The quantitative estimate of drug-likeness (QED) is 0.472. The number of aliphatic hydroxyl groups excluding tert-OH is 1. The summed E-state index contributed by atoms with van der Waals surface area (Å²) in [5, 5.41) is 15.4. The number of piperidine rings is 1. The molecule has 2 N–H and O–H groups in total. The van der Waals surface area contributed by atoms with Crippen molar-refractivity contribution in [3.8, 4) is 0 Å². The van der Waals surface area contributed by atoms with E-state index in [1.165, 1.54) is 0 Å². The van der Waals surface area contributed by atoms with E-state index in [4.69, 9.17) is 4.74 Å². The summed E-state index contributed by atoms with van der Waals surface area (Å²) >= 11 is 0. The van der Waals surface area contributed by atoms with Crippen LogP contribution in [-0.2, 0) is 10.3 Å². The third-order valence-electron chi connectivity index (χ3n) is 7.50. The maximum absolute atomic E-state index is 13.3. The summed E-state index contributed by atoms with van der Waals surface area (Å²) in [5.74, 6) is 0. The zero-order valence-electron chi connectivity index (χ0n) is 21.3. The third kappa shape index (κ3) is 4.54. The van der Waals surface area contributed by atoms with E-state index in [9.17, 15) is 9.90 Å². The molecule has 188 valence electrons. The van der Waals surface area contributed by atoms with Crippen molar-refractivity contribution in [2.24, 2.45) is 0 Å². The van der Waals surface area contributed by atoms with E-state index >= 15 is 0 Å². The largest absolute Gasteiger partial charge is 0.444 e. The minimum Gasteiger partial charge on any atom is -0.444 e. The summed E-state index contributed by atoms with van der Waals surface area (Å²) in [6.45, 7) is 5.69. The smallest absolute Gasteiger partial charge is 0.410 e. The molecule has 0 radical (unpaired) electrons. The Morgan fingerprint density at radius 3 is 1.75 bits per heavy atom. The molecule has 0 spiro atoms. The van der Waals surface area contributed by atoms with Gasteiger partial charge in [0.25, 0.3) is 0 Å². The van der Waals surface area contributed by atoms with Gasteiger partial charge in [-0.05, 0) is 56.7 Å². The predicted molar refractivity (Wildman–Crippen MR) is 142 cm³/mol. The van der Waals surface area contributed by atoms with E-state index in [0.29, 0.717) is 6.42 Å². The van der Waals surface area contributed by atoms with Crippen molar-refractivity contribution in [3.63, 3.8) is 0 Å². The maximum Gasteiger partial charge on any atom is 0.410 e. The Morgan fingerprint density at radius 1 is 0.833 bits per heavy atom. The molecule has 5 rings (SSSR count). The van der Waals surface area contributed by atoms with Crippen LogP contribution in [0.5, 0.6) is 0 Å². The van der Waals surface area contributed by atoms with Gasteiger partial charge in [-0.3, -0.25) is 5.32 Å². The zero-order chi connectivity index (χ0) is 25.3. The maximum atomic E-state index is 13.3. The topological polar surface area (TPSA) is 61.8 Å². The van der Waals surface area contributed by atoms with E-state index in [1.54, 1.807) is 0 Å². The van der Waals surface area contributed by atoms with Crippen LogP contribution in [0.25, 0.3) is 0 Å². The number of benzene rings is 3. The first-order valence-electron chi connectivity index (χ1n) is 12.9. The molecule has 2 aliphatic rings. The highest BCUT2D eigenvalue weighted by Gasteiger charge is 2.52. The lowest BCUT2D eigenvalue weighted by molar-refractivity contribution is -0.0288. The van der Waals surface area contributed by atoms with Crippen molar-refractivity contribution >= 4 is 6.09 Å². The van der Waals surface area contributed by atoms with Gasteiger partial charge in [-0.2, -0.15) is 0 Å². The molecular formula is C31H36N2O3. The average molecular weight is 485 g/mol. The van der Waals surface area contributed by atoms with Gasteiger partial charge in [-0.1, -0.05) is 91.0 Å². The van der Waals surface area contributed by atoms with Crippen LogP contribution in [0.1, 0.15) is 56.7 Å². The van der Waals surface area contributed by atoms with Crippen molar-refractivity contribution in [2.75, 3.05) is 0 Å². The Labute approximate surface area is 214 Å². The fraction of sp³-hybridized carbons (Fsp3) is 0.387. The second-order valence-electron chi connectivity index (χ2n) is 11.0. The van der Waals surface area contributed by atoms with Crippen molar-refractivity contribution in [1.29, 1.82) is 0 Å². The second-order valence-corrected chi connectivity index (χ2v) is 11.0. The summed E-state index contributed by atoms with van der Waals surface area (Å²) in [5.41, 5.74) is 1.96. The van der Waals surface area contributed by atoms with Crippen LogP contribution in [-0.4, -0.2) is 45.9 Å². The van der Waals surface area contributed by atoms with Crippen LogP contribution in [0.3, 0.4) is 0 Å². The van der Waals surface area contributed by atoms with Crippen LogP contribution in [0.2, 0.25) is 0 Å². The van der Waals surface area contributed by atoms with Gasteiger partial charge >= 0.3 is 6.09 Å². The Kier molecular flexibility index (Phi) is 6.62. The molecule has 2 heterocycles. The highest BCUT2D eigenvalue weighted by molar-refractivity contribution is 5.70. The molecule has 5 nitrogen and oxygen atoms in total. The molecule has 0 aromatic heterocycles. The van der Waals surface area contributed by atoms with Crippen LogP contribution < -0.4 is 5.32 Å². The monoisotopic (exact) mass is 484 g/mol. The van der Waals surface area contributed by atoms with E-state index in [-0.39, 0.29) is 24.2 Å². The fourth-order valence-electron chi connectivity index (χ4n) is 6.03. The van der Waals surface area contributed by atoms with Crippen LogP contribution in [0.15, 0.2) is 91.0 Å². The Balaban J connectivity index is 1.62. The van der Waals surface area contributed by atoms with Crippen LogP contribution in [0.4, 0.5) is 4.79 Å². The molecular weight excluding hydrogens is 448 g/mol. The van der Waals surface area contributed by atoms with Gasteiger partial charge in [-0.25, -0.2) is 4.79 Å². The van der Waals surface area contributed by atoms with Crippen molar-refractivity contribution in [2.45, 2.75) is 75.4 Å². The van der Waals surface area contributed by atoms with Gasteiger partial charge < -0.3 is 14.7 Å². The first-order valence-corrected chi connectivity index (χ1v) is 12.9. The highest BCUT2D eigenvalue weighted by atomic mass is 16.6. The van der Waals surface area contributed by atoms with Gasteiger partial charge in [0.2, 0.25) is 0 Å². The SMILES string of the molecule is CC(C)(C)OC(=O)N1C2CCC1C(NC(c1ccccc1)(c1ccccc1)c1ccccc1)C(O)C2. The first-order chi connectivity index (χ1) is 17.3. The molecule has 2 aliphatic heterocycles. The molecule has 2 saturated heterocycles. The van der Waals surface area contributed by atoms with Gasteiger partial charge in [0, 0.05) is 6.04 Å². The number of carbonyl (C=O) groups is 1. The van der Waals surface area contributed by atoms with Gasteiger partial charge in [0.1, 0.15) is 5.60 Å². The summed E-state index contributed by atoms with van der Waals surface area (Å²) in [7, 11) is 0. The van der Waals surface area contributed by atoms with Crippen LogP contribution >= 0.6 is 0 Å². The Morgan fingerprint density at radius 2 is 1.31 bits per heavy atom. The van der Waals surface area contributed by atoms with E-state index in [0.717, 1.165) is 29.5 Å². The lowest BCUT2D eigenvalue weighted by Crippen LogP contribution is -2.65. The predicted octanol–water partition coefficient (Wildman–Crippen LogP) is 5.47. The Bertz CT molecular complexity index is 1060. The molecule has 3 aromatic rings. The third-order valence-corrected chi connectivity index (χ3v) is 7.50. The van der Waals surface area contributed by atoms with Gasteiger partial charge in [0.15, 0.2) is 0 Å². The molecule has 36 heavy (non-hydrogen) atoms. The fourth-order valence-corrected chi connectivity index (χ4v) is 6.03. The Hall–Kier alpha value is -3.15. The normalized spacial score (nSPS) is 23.9. The van der Waals surface area contributed by atoms with E-state index < -0.39 is 17.2 Å². The number of aliphatic hydroxyl groups is 1. The van der Waals surface area contributed by atoms with E-state index in [2.05, 4.69) is 41.7 Å². The second kappa shape index (κ2) is 9.72. The number of carbonyl (C=O) groups excluding carboxylic acids is 1. The number of amides is 1. The van der Waals surface area contributed by atoms with Crippen molar-refractivity contribution in [1.82, 2.24) is 10.2 Å². The zero-order valence-corrected chi connectivity index (χ0v) is 21.3. The molecule has 4 unspecified atom stereocenters. The number of fused-ring (bicyclic) bond motifs is 2. The summed E-state index contributed by atoms with van der Waals surface area (Å²) < 4.78 is 5.80. The first kappa shape index (κ1) is 24.5. The minimum atomic E-state index is -0.718. The van der Waals surface area contributed by atoms with Gasteiger partial charge in [-0.15, -0.1) is 0 Å². The van der Waals surface area contributed by atoms with Gasteiger partial charge in [0.05, 0.1) is 23.7 Å². The summed E-state index contributed by atoms with van der Waals surface area (Å²) in [6.07, 6.45) is 1.35. The van der Waals surface area contributed by atoms with E-state index in [1.807, 2.05) is 80.3 Å². The molecule has 5 heteroatoms. The highest BCUT2D eigenvalue weighted by Crippen LogP contribution is 2.42. The number of rotatable bonds is 5. The summed E-state index contributed by atoms with van der Waals surface area (Å²) in [4.78, 5) is 15.2. The molecule has 2 bridgehead atoms. The number of nitrogens with zero attached hydrogens (tertiary/aromatic N) is 1. The molecule has 0 aliphatic carbocycles. The molecule has 3 aromatic carbocycles. The number of hydrogen-bond donors (Lipinski definition) is 2. The van der Waals surface area contributed by atoms with Crippen LogP contribution in [0, 0.1) is 0 Å². The number of ether oxygens (including phenoxy) is 1. The lowest BCUT2D eigenvalue weighted by atomic mass is 9.75. The molecule has 0 saturated carbocycles. The minimum absolute atomic E-state index is 0.00234. The standard InChI is InChI=1S/C31H36N2O3/c1-30(2,3)36-29(35)33-25-19-20-26(33)28(27(34)21-25)32-31(22-13-7-4-8-14-22,23-15-9-5-10-16-23)24-17-11-6-12-18-24/h4-18,25-28,32,34H,19-21H2,1-3H3. The lowest BCUT2D eigenvalue weighted by Gasteiger charge is -2.48. The molecule has 4 atom stereocenters. The number of hydrogen-bond acceptors (Lipinski definition) is 4. The molecule has 2 fully saturated rings. The number of nitrogens with one attached hydrogen (secondary N) is 1. The van der Waals surface area contributed by atoms with Crippen molar-refractivity contribution in [3.05, 3.63) is 108 Å². The molecule has 1 amide bonds. The summed E-state index contributed by atoms with van der Waals surface area (Å²) in [6, 6.07) is 30.6.